The Morgan fingerprint density at radius 2 is 1.88 bits per heavy atom. The molecule has 0 amide bonds. The van der Waals surface area contributed by atoms with Crippen LogP contribution in [0.25, 0.3) is 17.1 Å². The topological polar surface area (TPSA) is 79.6 Å². The molecule has 8 nitrogen and oxygen atoms in total. The first kappa shape index (κ1) is 16.0. The van der Waals surface area contributed by atoms with Crippen molar-refractivity contribution in [2.45, 2.75) is 27.3 Å². The minimum atomic E-state index is -0.386. The molecule has 126 valence electrons. The van der Waals surface area contributed by atoms with Gasteiger partial charge in [-0.2, -0.15) is 10.1 Å². The van der Waals surface area contributed by atoms with Crippen LogP contribution in [0.15, 0.2) is 27.8 Å². The highest BCUT2D eigenvalue weighted by atomic mass is 16.2. The Labute approximate surface area is 138 Å². The Kier molecular flexibility index (Phi) is 3.75. The van der Waals surface area contributed by atoms with E-state index in [1.54, 1.807) is 35.5 Å². The Hall–Kier alpha value is -2.90. The second-order valence-corrected chi connectivity index (χ2v) is 5.81. The zero-order chi connectivity index (χ0) is 17.6. The Morgan fingerprint density at radius 3 is 2.46 bits per heavy atom. The van der Waals surface area contributed by atoms with Crippen LogP contribution < -0.4 is 11.2 Å². The van der Waals surface area contributed by atoms with Gasteiger partial charge < -0.3 is 4.57 Å². The average molecular weight is 328 g/mol. The normalized spacial score (nSPS) is 11.9. The van der Waals surface area contributed by atoms with Crippen LogP contribution in [0.1, 0.15) is 18.3 Å². The molecule has 0 unspecified atom stereocenters. The van der Waals surface area contributed by atoms with Crippen molar-refractivity contribution >= 4 is 11.2 Å². The van der Waals surface area contributed by atoms with E-state index in [4.69, 9.17) is 0 Å². The number of hydrogen-bond donors (Lipinski definition) is 0. The average Bonchev–Trinajstić information content (AvgIpc) is 3.04. The number of rotatable bonds is 3. The molecule has 8 heteroatoms. The third-order valence-corrected chi connectivity index (χ3v) is 4.06. The lowest BCUT2D eigenvalue weighted by molar-refractivity contribution is 0.664. The first-order chi connectivity index (χ1) is 11.4. The molecule has 0 radical (unpaired) electrons. The molecule has 0 bridgehead atoms. The first-order valence-corrected chi connectivity index (χ1v) is 7.67. The van der Waals surface area contributed by atoms with Crippen molar-refractivity contribution in [1.29, 1.82) is 0 Å². The number of aryl methyl sites for hydroxylation is 4. The molecule has 0 atom stereocenters. The molecule has 0 aliphatic rings. The van der Waals surface area contributed by atoms with E-state index in [9.17, 15) is 9.59 Å². The van der Waals surface area contributed by atoms with Crippen LogP contribution in [0.5, 0.6) is 0 Å². The molecule has 3 heterocycles. The van der Waals surface area contributed by atoms with E-state index in [0.717, 1.165) is 11.4 Å². The van der Waals surface area contributed by atoms with Crippen LogP contribution in [-0.4, -0.2) is 28.5 Å². The molecule has 3 rings (SSSR count). The maximum absolute atomic E-state index is 12.8. The third kappa shape index (κ3) is 2.22. The van der Waals surface area contributed by atoms with Crippen LogP contribution in [0, 0.1) is 13.8 Å². The molecule has 0 N–H and O–H groups in total. The number of nitrogens with zero attached hydrogens (tertiary/aromatic N) is 6. The summed E-state index contributed by atoms with van der Waals surface area (Å²) in [4.78, 5) is 29.7. The largest absolute Gasteiger partial charge is 0.332 e. The van der Waals surface area contributed by atoms with Gasteiger partial charge in [-0.05, 0) is 26.8 Å². The summed E-state index contributed by atoms with van der Waals surface area (Å²) >= 11 is 0. The highest BCUT2D eigenvalue weighted by molar-refractivity contribution is 5.72. The van der Waals surface area contributed by atoms with Crippen LogP contribution in [0.3, 0.4) is 0 Å². The van der Waals surface area contributed by atoms with Crippen molar-refractivity contribution in [2.75, 3.05) is 0 Å². The quantitative estimate of drug-likeness (QED) is 0.667. The van der Waals surface area contributed by atoms with Crippen molar-refractivity contribution in [1.82, 2.24) is 28.5 Å². The van der Waals surface area contributed by atoms with Gasteiger partial charge in [0.05, 0.1) is 5.69 Å². The molecule has 0 spiro atoms. The molecule has 3 aromatic heterocycles. The van der Waals surface area contributed by atoms with Crippen molar-refractivity contribution in [3.8, 4) is 5.95 Å². The molecule has 0 aliphatic carbocycles. The van der Waals surface area contributed by atoms with Crippen molar-refractivity contribution < 1.29 is 0 Å². The number of aromatic nitrogens is 6. The van der Waals surface area contributed by atoms with Crippen molar-refractivity contribution in [3.63, 3.8) is 0 Å². The van der Waals surface area contributed by atoms with Crippen LogP contribution in [0.2, 0.25) is 0 Å². The lowest BCUT2D eigenvalue weighted by atomic mass is 10.4. The van der Waals surface area contributed by atoms with E-state index >= 15 is 0 Å². The van der Waals surface area contributed by atoms with Gasteiger partial charge in [-0.25, -0.2) is 9.48 Å². The molecular formula is C16H20N6O2. The summed E-state index contributed by atoms with van der Waals surface area (Å²) in [6.45, 7) is 5.89. The van der Waals surface area contributed by atoms with Gasteiger partial charge in [0.2, 0.25) is 5.95 Å². The molecule has 3 aromatic rings. The van der Waals surface area contributed by atoms with E-state index in [2.05, 4.69) is 10.1 Å². The molecule has 0 fully saturated rings. The zero-order valence-corrected chi connectivity index (χ0v) is 14.4. The summed E-state index contributed by atoms with van der Waals surface area (Å²) in [7, 11) is 3.38. The summed E-state index contributed by atoms with van der Waals surface area (Å²) in [6.07, 6.45) is 3.58. The van der Waals surface area contributed by atoms with Crippen molar-refractivity contribution in [3.05, 3.63) is 50.4 Å². The maximum Gasteiger partial charge on any atom is 0.332 e. The summed E-state index contributed by atoms with van der Waals surface area (Å²) in [5.41, 5.74) is 1.76. The molecule has 0 saturated heterocycles. The predicted octanol–water partition coefficient (Wildman–Crippen LogP) is 0.812. The minimum Gasteiger partial charge on any atom is -0.306 e. The number of hydrogen-bond acceptors (Lipinski definition) is 4. The highest BCUT2D eigenvalue weighted by Crippen LogP contribution is 2.15. The minimum absolute atomic E-state index is 0.234. The van der Waals surface area contributed by atoms with Gasteiger partial charge in [0.15, 0.2) is 11.2 Å². The number of imidazole rings is 1. The fraction of sp³-hybridized carbons (Fsp3) is 0.375. The van der Waals surface area contributed by atoms with Gasteiger partial charge in [-0.15, -0.1) is 0 Å². The van der Waals surface area contributed by atoms with Gasteiger partial charge in [0.1, 0.15) is 0 Å². The fourth-order valence-corrected chi connectivity index (χ4v) is 2.82. The van der Waals surface area contributed by atoms with Gasteiger partial charge >= 0.3 is 5.69 Å². The summed E-state index contributed by atoms with van der Waals surface area (Å²) in [5.74, 6) is 0.506. The van der Waals surface area contributed by atoms with Gasteiger partial charge in [0, 0.05) is 26.3 Å². The first-order valence-electron chi connectivity index (χ1n) is 7.67. The van der Waals surface area contributed by atoms with E-state index < -0.39 is 0 Å². The Morgan fingerprint density at radius 1 is 1.17 bits per heavy atom. The smallest absolute Gasteiger partial charge is 0.306 e. The fourth-order valence-electron chi connectivity index (χ4n) is 2.82. The lowest BCUT2D eigenvalue weighted by Crippen LogP contribution is -2.39. The van der Waals surface area contributed by atoms with Crippen LogP contribution in [0.4, 0.5) is 0 Å². The SMILES string of the molecule is C/C=C\Cn1c(=O)c2c(nc(-n3nc(C)cc3C)n2C)n(C)c1=O. The second kappa shape index (κ2) is 5.63. The number of allylic oxidation sites excluding steroid dienone is 2. The molecule has 0 aromatic carbocycles. The Balaban J connectivity index is 2.39. The summed E-state index contributed by atoms with van der Waals surface area (Å²) in [6, 6.07) is 1.93. The van der Waals surface area contributed by atoms with E-state index in [1.807, 2.05) is 26.8 Å². The van der Waals surface area contributed by atoms with Crippen molar-refractivity contribution in [2.24, 2.45) is 14.1 Å². The molecular weight excluding hydrogens is 308 g/mol. The standard InChI is InChI=1S/C16H20N6O2/c1-6-7-8-21-14(23)12-13(20(5)16(21)24)17-15(19(12)4)22-11(3)9-10(2)18-22/h6-7,9H,8H2,1-5H3/b7-6-. The monoisotopic (exact) mass is 328 g/mol. The lowest BCUT2D eigenvalue weighted by Gasteiger charge is -2.06. The van der Waals surface area contributed by atoms with Gasteiger partial charge in [0.25, 0.3) is 5.56 Å². The van der Waals surface area contributed by atoms with E-state index in [1.165, 1.54) is 9.13 Å². The van der Waals surface area contributed by atoms with E-state index in [-0.39, 0.29) is 17.8 Å². The maximum atomic E-state index is 12.8. The van der Waals surface area contributed by atoms with Gasteiger partial charge in [-0.1, -0.05) is 12.2 Å². The van der Waals surface area contributed by atoms with Crippen LogP contribution in [-0.2, 0) is 20.6 Å². The van der Waals surface area contributed by atoms with Crippen LogP contribution >= 0.6 is 0 Å². The Bertz CT molecular complexity index is 1080. The zero-order valence-electron chi connectivity index (χ0n) is 14.4. The van der Waals surface area contributed by atoms with E-state index in [0.29, 0.717) is 17.1 Å². The highest BCUT2D eigenvalue weighted by Gasteiger charge is 2.20. The summed E-state index contributed by atoms with van der Waals surface area (Å²) < 4.78 is 5.96. The third-order valence-electron chi connectivity index (χ3n) is 4.06. The molecule has 24 heavy (non-hydrogen) atoms. The predicted molar refractivity (Wildman–Crippen MR) is 91.6 cm³/mol. The molecule has 0 saturated carbocycles. The summed E-state index contributed by atoms with van der Waals surface area (Å²) in [5, 5.41) is 4.42. The second-order valence-electron chi connectivity index (χ2n) is 5.81. The van der Waals surface area contributed by atoms with Gasteiger partial charge in [-0.3, -0.25) is 13.9 Å². The number of fused-ring (bicyclic) bond motifs is 1. The molecule has 0 aliphatic heterocycles.